The minimum Gasteiger partial charge on any atom is -0.497 e. The number of carbonyl (C=O) groups excluding carboxylic acids is 1. The highest BCUT2D eigenvalue weighted by atomic mass is 35.5. The first-order valence-electron chi connectivity index (χ1n) is 6.95. The van der Waals surface area contributed by atoms with Crippen molar-refractivity contribution < 1.29 is 27.4 Å². The molecule has 0 atom stereocenters. The van der Waals surface area contributed by atoms with Gasteiger partial charge in [-0.15, -0.1) is 0 Å². The van der Waals surface area contributed by atoms with Gasteiger partial charge in [0.05, 0.1) is 37.6 Å². The van der Waals surface area contributed by atoms with Crippen LogP contribution in [0, 0.1) is 0 Å². The van der Waals surface area contributed by atoms with Gasteiger partial charge in [0.2, 0.25) is 0 Å². The Morgan fingerprint density at radius 2 is 1.76 bits per heavy atom. The molecule has 0 fully saturated rings. The van der Waals surface area contributed by atoms with Gasteiger partial charge in [-0.3, -0.25) is 4.72 Å². The average molecular weight is 386 g/mol. The average Bonchev–Trinajstić information content (AvgIpc) is 2.60. The highest BCUT2D eigenvalue weighted by Crippen LogP contribution is 2.32. The van der Waals surface area contributed by atoms with Crippen LogP contribution in [-0.2, 0) is 14.8 Å². The van der Waals surface area contributed by atoms with Crippen molar-refractivity contribution in [3.8, 4) is 11.5 Å². The fourth-order valence-corrected chi connectivity index (χ4v) is 3.64. The van der Waals surface area contributed by atoms with E-state index < -0.39 is 16.0 Å². The predicted molar refractivity (Wildman–Crippen MR) is 93.1 cm³/mol. The molecule has 0 aliphatic carbocycles. The number of nitrogens with one attached hydrogen (secondary N) is 1. The number of esters is 1. The van der Waals surface area contributed by atoms with Gasteiger partial charge in [0.15, 0.2) is 0 Å². The molecule has 134 valence electrons. The van der Waals surface area contributed by atoms with E-state index in [4.69, 9.17) is 21.1 Å². The molecule has 0 aromatic heterocycles. The molecule has 0 radical (unpaired) electrons. The van der Waals surface area contributed by atoms with Gasteiger partial charge in [-0.1, -0.05) is 11.6 Å². The van der Waals surface area contributed by atoms with Crippen molar-refractivity contribution >= 4 is 33.3 Å². The molecule has 0 bridgehead atoms. The summed E-state index contributed by atoms with van der Waals surface area (Å²) in [5.41, 5.74) is 0.228. The second-order valence-electron chi connectivity index (χ2n) is 4.81. The maximum absolute atomic E-state index is 12.7. The summed E-state index contributed by atoms with van der Waals surface area (Å²) in [4.78, 5) is 11.4. The lowest BCUT2D eigenvalue weighted by Crippen LogP contribution is -2.15. The number of ether oxygens (including phenoxy) is 3. The van der Waals surface area contributed by atoms with E-state index in [2.05, 4.69) is 9.46 Å². The molecule has 9 heteroatoms. The molecule has 0 aliphatic rings. The Balaban J connectivity index is 2.48. The van der Waals surface area contributed by atoms with Crippen LogP contribution in [0.2, 0.25) is 5.02 Å². The molecule has 0 amide bonds. The van der Waals surface area contributed by atoms with Crippen LogP contribution in [-0.4, -0.2) is 35.7 Å². The van der Waals surface area contributed by atoms with E-state index in [0.717, 1.165) is 6.07 Å². The lowest BCUT2D eigenvalue weighted by atomic mass is 10.2. The predicted octanol–water partition coefficient (Wildman–Crippen LogP) is 2.94. The van der Waals surface area contributed by atoms with E-state index in [1.165, 1.54) is 39.5 Å². The quantitative estimate of drug-likeness (QED) is 0.769. The standard InChI is InChI=1S/C16H16ClNO6S/c1-22-11-5-7-14(23-2)13(9-11)18-25(20,21)15-8-10(16(19)24-3)4-6-12(15)17/h4-9,18H,1-3H3. The molecular formula is C16H16ClNO6S. The normalized spacial score (nSPS) is 10.9. The zero-order chi connectivity index (χ0) is 18.6. The maximum atomic E-state index is 12.7. The van der Waals surface area contributed by atoms with Crippen molar-refractivity contribution in [2.45, 2.75) is 4.90 Å². The van der Waals surface area contributed by atoms with Gasteiger partial charge >= 0.3 is 5.97 Å². The van der Waals surface area contributed by atoms with Crippen molar-refractivity contribution in [1.29, 1.82) is 0 Å². The molecule has 1 N–H and O–H groups in total. The van der Waals surface area contributed by atoms with E-state index >= 15 is 0 Å². The summed E-state index contributed by atoms with van der Waals surface area (Å²) in [6.07, 6.45) is 0. The maximum Gasteiger partial charge on any atom is 0.337 e. The van der Waals surface area contributed by atoms with E-state index in [1.54, 1.807) is 12.1 Å². The molecule has 25 heavy (non-hydrogen) atoms. The monoisotopic (exact) mass is 385 g/mol. The fourth-order valence-electron chi connectivity index (χ4n) is 2.05. The van der Waals surface area contributed by atoms with Crippen molar-refractivity contribution in [3.63, 3.8) is 0 Å². The van der Waals surface area contributed by atoms with Gasteiger partial charge in [0.25, 0.3) is 10.0 Å². The third-order valence-corrected chi connectivity index (χ3v) is 5.14. The molecule has 0 aliphatic heterocycles. The minimum atomic E-state index is -4.09. The van der Waals surface area contributed by atoms with E-state index in [-0.39, 0.29) is 21.2 Å². The molecule has 7 nitrogen and oxygen atoms in total. The van der Waals surface area contributed by atoms with E-state index in [9.17, 15) is 13.2 Å². The van der Waals surface area contributed by atoms with E-state index in [0.29, 0.717) is 11.5 Å². The summed E-state index contributed by atoms with van der Waals surface area (Å²) in [5.74, 6) is 0.0598. The first kappa shape index (κ1) is 18.9. The first-order chi connectivity index (χ1) is 11.8. The van der Waals surface area contributed by atoms with Gasteiger partial charge in [-0.05, 0) is 30.3 Å². The molecule has 0 spiro atoms. The van der Waals surface area contributed by atoms with Crippen molar-refractivity contribution in [3.05, 3.63) is 47.0 Å². The first-order valence-corrected chi connectivity index (χ1v) is 8.81. The van der Waals surface area contributed by atoms with Crippen LogP contribution in [0.5, 0.6) is 11.5 Å². The Morgan fingerprint density at radius 1 is 1.04 bits per heavy atom. The number of sulfonamides is 1. The number of carbonyl (C=O) groups is 1. The minimum absolute atomic E-state index is 0.0398. The summed E-state index contributed by atoms with van der Waals surface area (Å²) < 4.78 is 42.6. The SMILES string of the molecule is COC(=O)c1ccc(Cl)c(S(=O)(=O)Nc2cc(OC)ccc2OC)c1. The van der Waals surface area contributed by atoms with E-state index in [1.807, 2.05) is 0 Å². The summed E-state index contributed by atoms with van der Waals surface area (Å²) in [7, 11) is -0.0299. The summed E-state index contributed by atoms with van der Waals surface area (Å²) in [5, 5.41) is -0.0398. The van der Waals surface area contributed by atoms with Gasteiger partial charge in [-0.2, -0.15) is 0 Å². The lowest BCUT2D eigenvalue weighted by Gasteiger charge is -2.14. The Morgan fingerprint density at radius 3 is 2.36 bits per heavy atom. The largest absolute Gasteiger partial charge is 0.497 e. The molecule has 0 unspecified atom stereocenters. The van der Waals surface area contributed by atoms with Crippen LogP contribution in [0.15, 0.2) is 41.3 Å². The van der Waals surface area contributed by atoms with Gasteiger partial charge < -0.3 is 14.2 Å². The number of halogens is 1. The van der Waals surface area contributed by atoms with Gasteiger partial charge in [0.1, 0.15) is 16.4 Å². The molecule has 2 aromatic rings. The zero-order valence-electron chi connectivity index (χ0n) is 13.7. The number of hydrogen-bond donors (Lipinski definition) is 1. The Hall–Kier alpha value is -2.45. The second kappa shape index (κ2) is 7.62. The number of rotatable bonds is 6. The summed E-state index contributed by atoms with van der Waals surface area (Å²) in [6.45, 7) is 0. The zero-order valence-corrected chi connectivity index (χ0v) is 15.3. The second-order valence-corrected chi connectivity index (χ2v) is 6.87. The third-order valence-electron chi connectivity index (χ3n) is 3.29. The van der Waals surface area contributed by atoms with Crippen molar-refractivity contribution in [2.24, 2.45) is 0 Å². The summed E-state index contributed by atoms with van der Waals surface area (Å²) in [6, 6.07) is 8.48. The molecule has 0 heterocycles. The Bertz CT molecular complexity index is 897. The Labute approximate surface area is 150 Å². The van der Waals surface area contributed by atoms with Crippen LogP contribution >= 0.6 is 11.6 Å². The van der Waals surface area contributed by atoms with Gasteiger partial charge in [0, 0.05) is 6.07 Å². The topological polar surface area (TPSA) is 90.9 Å². The molecule has 0 saturated heterocycles. The smallest absolute Gasteiger partial charge is 0.337 e. The highest BCUT2D eigenvalue weighted by Gasteiger charge is 2.22. The van der Waals surface area contributed by atoms with Crippen LogP contribution in [0.4, 0.5) is 5.69 Å². The lowest BCUT2D eigenvalue weighted by molar-refractivity contribution is 0.0600. The van der Waals surface area contributed by atoms with Crippen molar-refractivity contribution in [2.75, 3.05) is 26.1 Å². The van der Waals surface area contributed by atoms with Crippen LogP contribution in [0.3, 0.4) is 0 Å². The third kappa shape index (κ3) is 4.15. The number of hydrogen-bond acceptors (Lipinski definition) is 6. The van der Waals surface area contributed by atoms with Crippen LogP contribution < -0.4 is 14.2 Å². The number of methoxy groups -OCH3 is 3. The van der Waals surface area contributed by atoms with Gasteiger partial charge in [-0.25, -0.2) is 13.2 Å². The molecule has 2 aromatic carbocycles. The highest BCUT2D eigenvalue weighted by molar-refractivity contribution is 7.92. The molecule has 0 saturated carbocycles. The van der Waals surface area contributed by atoms with Crippen LogP contribution in [0.1, 0.15) is 10.4 Å². The fraction of sp³-hybridized carbons (Fsp3) is 0.188. The van der Waals surface area contributed by atoms with Crippen molar-refractivity contribution in [1.82, 2.24) is 0 Å². The Kier molecular flexibility index (Phi) is 5.76. The molecular weight excluding hydrogens is 370 g/mol. The number of anilines is 1. The summed E-state index contributed by atoms with van der Waals surface area (Å²) >= 11 is 6.00. The molecule has 2 rings (SSSR count). The van der Waals surface area contributed by atoms with Crippen LogP contribution in [0.25, 0.3) is 0 Å². The number of benzene rings is 2.